The zero-order chi connectivity index (χ0) is 21.9. The lowest BCUT2D eigenvalue weighted by Gasteiger charge is -2.71. The molecule has 1 spiro atoms. The Balaban J connectivity index is 1.49. The van der Waals surface area contributed by atoms with Gasteiger partial charge in [0.2, 0.25) is 0 Å². The highest BCUT2D eigenvalue weighted by molar-refractivity contribution is 5.78. The van der Waals surface area contributed by atoms with Crippen LogP contribution in [0.5, 0.6) is 11.5 Å². The number of esters is 1. The smallest absolute Gasteiger partial charge is 0.312 e. The number of phenols is 1. The predicted molar refractivity (Wildman–Crippen MR) is 115 cm³/mol. The average molecular weight is 427 g/mol. The lowest BCUT2D eigenvalue weighted by Crippen LogP contribution is -2.75. The van der Waals surface area contributed by atoms with Crippen molar-refractivity contribution in [1.29, 1.82) is 0 Å². The Labute approximate surface area is 184 Å². The molecule has 3 saturated carbocycles. The van der Waals surface area contributed by atoms with Crippen LogP contribution in [-0.4, -0.2) is 34.0 Å². The number of carbonyl (C=O) groups excluding carboxylic acids is 1. The van der Waals surface area contributed by atoms with Crippen LogP contribution in [-0.2, 0) is 16.0 Å². The fourth-order valence-electron chi connectivity index (χ4n) is 9.17. The van der Waals surface area contributed by atoms with Gasteiger partial charge in [-0.15, -0.1) is 0 Å². The third-order valence-corrected chi connectivity index (χ3v) is 10.6. The number of rotatable bonds is 0. The minimum absolute atomic E-state index is 0.00561. The standard InChI is InChI=1S/C26H34O5/c1-22-9-4-10-25(15-30-21(22)28)19(22)7-11-23(2)20(25)8-12-24(3,29)26(23)14-16-13-17(27)5-6-18(16)31-26/h5-6,13,19-20,27,29H,4,7-12,14-15H2,1-3H3/t19?,20?,22-,23?,24?,25+,26?/m0/s1. The second-order valence-corrected chi connectivity index (χ2v) is 11.9. The minimum Gasteiger partial charge on any atom is -0.508 e. The summed E-state index contributed by atoms with van der Waals surface area (Å²) in [5.41, 5.74) is -1.39. The Morgan fingerprint density at radius 3 is 2.61 bits per heavy atom. The molecule has 5 heteroatoms. The summed E-state index contributed by atoms with van der Waals surface area (Å²) in [4.78, 5) is 12.8. The first-order valence-corrected chi connectivity index (χ1v) is 12.0. The highest BCUT2D eigenvalue weighted by Crippen LogP contribution is 2.73. The maximum absolute atomic E-state index is 12.8. The Hall–Kier alpha value is -1.75. The van der Waals surface area contributed by atoms with Gasteiger partial charge in [-0.2, -0.15) is 0 Å². The average Bonchev–Trinajstić information content (AvgIpc) is 3.10. The van der Waals surface area contributed by atoms with Crippen molar-refractivity contribution in [1.82, 2.24) is 0 Å². The fraction of sp³-hybridized carbons (Fsp3) is 0.731. The zero-order valence-corrected chi connectivity index (χ0v) is 18.9. The van der Waals surface area contributed by atoms with Crippen molar-refractivity contribution in [2.75, 3.05) is 6.61 Å². The van der Waals surface area contributed by atoms with Crippen molar-refractivity contribution in [3.63, 3.8) is 0 Å². The summed E-state index contributed by atoms with van der Waals surface area (Å²) in [7, 11) is 0. The van der Waals surface area contributed by atoms with E-state index in [1.54, 1.807) is 12.1 Å². The topological polar surface area (TPSA) is 76.0 Å². The van der Waals surface area contributed by atoms with Crippen molar-refractivity contribution >= 4 is 5.97 Å². The summed E-state index contributed by atoms with van der Waals surface area (Å²) in [5, 5.41) is 21.9. The molecule has 5 aliphatic rings. The summed E-state index contributed by atoms with van der Waals surface area (Å²) in [5.74, 6) is 1.69. The minimum atomic E-state index is -0.973. The molecule has 0 radical (unpaired) electrons. The summed E-state index contributed by atoms with van der Waals surface area (Å²) in [6.45, 7) is 6.91. The summed E-state index contributed by atoms with van der Waals surface area (Å²) < 4.78 is 12.7. The van der Waals surface area contributed by atoms with Gasteiger partial charge in [-0.3, -0.25) is 4.79 Å². The van der Waals surface area contributed by atoms with E-state index in [9.17, 15) is 15.0 Å². The van der Waals surface area contributed by atoms with Gasteiger partial charge in [-0.25, -0.2) is 0 Å². The number of hydrogen-bond donors (Lipinski definition) is 2. The van der Waals surface area contributed by atoms with Gasteiger partial charge in [0.25, 0.3) is 0 Å². The lowest BCUT2D eigenvalue weighted by atomic mass is 9.36. The molecule has 2 heterocycles. The molecule has 1 aromatic carbocycles. The van der Waals surface area contributed by atoms with Gasteiger partial charge in [0.1, 0.15) is 22.7 Å². The Morgan fingerprint density at radius 1 is 1.03 bits per heavy atom. The Kier molecular flexibility index (Phi) is 3.71. The Morgan fingerprint density at radius 2 is 1.81 bits per heavy atom. The molecular formula is C26H34O5. The number of ether oxygens (including phenoxy) is 2. The van der Waals surface area contributed by atoms with Gasteiger partial charge >= 0.3 is 5.97 Å². The van der Waals surface area contributed by atoms with Gasteiger partial charge in [0, 0.05) is 22.8 Å². The molecule has 1 saturated heterocycles. The molecule has 2 aliphatic heterocycles. The van der Waals surface area contributed by atoms with Crippen LogP contribution in [0, 0.1) is 28.1 Å². The summed E-state index contributed by atoms with van der Waals surface area (Å²) in [6, 6.07) is 5.29. The molecular weight excluding hydrogens is 392 g/mol. The summed E-state index contributed by atoms with van der Waals surface area (Å²) in [6.07, 6.45) is 7.19. The number of benzene rings is 1. The van der Waals surface area contributed by atoms with Gasteiger partial charge in [0.05, 0.1) is 12.0 Å². The summed E-state index contributed by atoms with van der Waals surface area (Å²) >= 11 is 0. The molecule has 5 unspecified atom stereocenters. The monoisotopic (exact) mass is 426 g/mol. The van der Waals surface area contributed by atoms with Crippen LogP contribution >= 0.6 is 0 Å². The predicted octanol–water partition coefficient (Wildman–Crippen LogP) is 4.38. The van der Waals surface area contributed by atoms with Crippen molar-refractivity contribution in [2.45, 2.75) is 83.3 Å². The Bertz CT molecular complexity index is 971. The first-order chi connectivity index (χ1) is 14.6. The zero-order valence-electron chi connectivity index (χ0n) is 18.9. The largest absolute Gasteiger partial charge is 0.508 e. The first-order valence-electron chi connectivity index (χ1n) is 12.0. The molecule has 2 N–H and O–H groups in total. The van der Waals surface area contributed by atoms with Gasteiger partial charge in [-0.05, 0) is 82.4 Å². The van der Waals surface area contributed by atoms with Crippen LogP contribution in [0.3, 0.4) is 0 Å². The van der Waals surface area contributed by atoms with Crippen LogP contribution in [0.4, 0.5) is 0 Å². The van der Waals surface area contributed by atoms with E-state index in [2.05, 4.69) is 13.8 Å². The van der Waals surface area contributed by atoms with Crippen molar-refractivity contribution in [3.05, 3.63) is 23.8 Å². The van der Waals surface area contributed by atoms with E-state index in [4.69, 9.17) is 9.47 Å². The molecule has 7 atom stereocenters. The molecule has 4 fully saturated rings. The maximum atomic E-state index is 12.8. The van der Waals surface area contributed by atoms with E-state index >= 15 is 0 Å². The van der Waals surface area contributed by atoms with Gasteiger partial charge < -0.3 is 19.7 Å². The highest BCUT2D eigenvalue weighted by Gasteiger charge is 2.75. The van der Waals surface area contributed by atoms with Gasteiger partial charge in [0.15, 0.2) is 0 Å². The van der Waals surface area contributed by atoms with Crippen molar-refractivity contribution in [2.24, 2.45) is 28.1 Å². The number of hydrogen-bond acceptors (Lipinski definition) is 5. The van der Waals surface area contributed by atoms with Gasteiger partial charge in [-0.1, -0.05) is 13.3 Å². The van der Waals surface area contributed by atoms with E-state index < -0.39 is 11.2 Å². The third-order valence-electron chi connectivity index (χ3n) is 10.6. The van der Waals surface area contributed by atoms with E-state index in [1.165, 1.54) is 0 Å². The molecule has 1 aromatic rings. The lowest BCUT2D eigenvalue weighted by molar-refractivity contribution is -0.293. The molecule has 5 nitrogen and oxygen atoms in total. The van der Waals surface area contributed by atoms with E-state index in [1.807, 2.05) is 13.0 Å². The molecule has 168 valence electrons. The number of fused-ring (bicyclic) bond motifs is 3. The quantitative estimate of drug-likeness (QED) is 0.602. The highest BCUT2D eigenvalue weighted by atomic mass is 16.5. The molecule has 0 amide bonds. The maximum Gasteiger partial charge on any atom is 0.312 e. The van der Waals surface area contributed by atoms with Crippen LogP contribution in [0.15, 0.2) is 18.2 Å². The molecule has 2 bridgehead atoms. The number of phenolic OH excluding ortho intramolecular Hbond substituents is 1. The molecule has 6 rings (SSSR count). The number of carbonyl (C=O) groups is 1. The normalized spacial score (nSPS) is 50.1. The van der Waals surface area contributed by atoms with Crippen molar-refractivity contribution < 1.29 is 24.5 Å². The third kappa shape index (κ3) is 2.15. The van der Waals surface area contributed by atoms with E-state index in [0.717, 1.165) is 49.8 Å². The SMILES string of the molecule is CC1(O)CCC2C(C)(CCC3[C@]24CCC[C@]3(C)C(=O)OC4)C12Cc1cc(O)ccc1O2. The molecule has 3 aliphatic carbocycles. The van der Waals surface area contributed by atoms with E-state index in [-0.39, 0.29) is 28.0 Å². The van der Waals surface area contributed by atoms with Crippen LogP contribution in [0.2, 0.25) is 0 Å². The number of aromatic hydroxyl groups is 1. The van der Waals surface area contributed by atoms with Crippen LogP contribution in [0.25, 0.3) is 0 Å². The number of aliphatic hydroxyl groups is 1. The van der Waals surface area contributed by atoms with Crippen LogP contribution in [0.1, 0.15) is 71.3 Å². The first kappa shape index (κ1) is 19.9. The van der Waals surface area contributed by atoms with Crippen LogP contribution < -0.4 is 4.74 Å². The molecule has 0 aromatic heterocycles. The van der Waals surface area contributed by atoms with E-state index in [0.29, 0.717) is 31.3 Å². The van der Waals surface area contributed by atoms with Crippen molar-refractivity contribution in [3.8, 4) is 11.5 Å². The second kappa shape index (κ2) is 5.78. The second-order valence-electron chi connectivity index (χ2n) is 11.9. The fourth-order valence-corrected chi connectivity index (χ4v) is 9.17. The molecule has 31 heavy (non-hydrogen) atoms. The number of cyclic esters (lactones) is 1.